The summed E-state index contributed by atoms with van der Waals surface area (Å²) < 4.78 is -0.740. The van der Waals surface area contributed by atoms with Gasteiger partial charge in [0.05, 0.1) is 0 Å². The fourth-order valence-electron chi connectivity index (χ4n) is 0.146. The summed E-state index contributed by atoms with van der Waals surface area (Å²) in [4.78, 5) is 9.30. The lowest BCUT2D eigenvalue weighted by atomic mass is 10.8. The highest BCUT2D eigenvalue weighted by atomic mass is 80.0. The maximum Gasteiger partial charge on any atom is 0.238 e. The number of hydrogen-bond acceptors (Lipinski definition) is 2. The SMILES string of the molecule is O=[N+]([O-])CC(Br)(Br)Br. The average Bonchev–Trinajstić information content (AvgIpc) is 1.21. The van der Waals surface area contributed by atoms with Crippen molar-refractivity contribution in [3.8, 4) is 0 Å². The number of rotatable bonds is 1. The van der Waals surface area contributed by atoms with Gasteiger partial charge < -0.3 is 0 Å². The minimum absolute atomic E-state index is 0.201. The number of nitro groups is 1. The van der Waals surface area contributed by atoms with Gasteiger partial charge in [-0.05, 0) is 0 Å². The Bertz CT molecular complexity index is 97.9. The summed E-state index contributed by atoms with van der Waals surface area (Å²) in [6.45, 7) is -0.201. The minimum Gasteiger partial charge on any atom is -0.264 e. The highest BCUT2D eigenvalue weighted by molar-refractivity contribution is 9.39. The van der Waals surface area contributed by atoms with Crippen LogP contribution >= 0.6 is 47.8 Å². The van der Waals surface area contributed by atoms with E-state index in [-0.39, 0.29) is 6.54 Å². The number of halogens is 3. The smallest absolute Gasteiger partial charge is 0.238 e. The van der Waals surface area contributed by atoms with Crippen molar-refractivity contribution in [2.75, 3.05) is 6.54 Å². The van der Waals surface area contributed by atoms with Gasteiger partial charge in [-0.2, -0.15) is 0 Å². The van der Waals surface area contributed by atoms with Gasteiger partial charge >= 0.3 is 0 Å². The van der Waals surface area contributed by atoms with Crippen molar-refractivity contribution in [2.45, 2.75) is 2.14 Å². The summed E-state index contributed by atoms with van der Waals surface area (Å²) in [7, 11) is 0. The Balaban J connectivity index is 3.55. The molecule has 48 valence electrons. The normalized spacial score (nSPS) is 11.4. The van der Waals surface area contributed by atoms with Gasteiger partial charge in [-0.3, -0.25) is 10.1 Å². The quantitative estimate of drug-likeness (QED) is 0.423. The third-order valence-electron chi connectivity index (χ3n) is 0.308. The molecule has 0 aliphatic heterocycles. The Hall–Kier alpha value is 0.840. The molecule has 0 aliphatic rings. The van der Waals surface area contributed by atoms with E-state index in [1.165, 1.54) is 0 Å². The predicted molar refractivity (Wildman–Crippen MR) is 41.4 cm³/mol. The van der Waals surface area contributed by atoms with Gasteiger partial charge in [-0.1, -0.05) is 47.8 Å². The molecule has 8 heavy (non-hydrogen) atoms. The summed E-state index contributed by atoms with van der Waals surface area (Å²) in [5, 5.41) is 9.73. The van der Waals surface area contributed by atoms with E-state index in [9.17, 15) is 10.1 Å². The zero-order valence-corrected chi connectivity index (χ0v) is 8.36. The molecule has 0 N–H and O–H groups in total. The molecule has 6 heteroatoms. The van der Waals surface area contributed by atoms with E-state index >= 15 is 0 Å². The second-order valence-corrected chi connectivity index (χ2v) is 8.36. The second kappa shape index (κ2) is 3.12. The van der Waals surface area contributed by atoms with Gasteiger partial charge in [0.2, 0.25) is 6.54 Å². The van der Waals surface area contributed by atoms with Crippen LogP contribution < -0.4 is 0 Å². The fraction of sp³-hybridized carbons (Fsp3) is 1.00. The molecule has 0 atom stereocenters. The Morgan fingerprint density at radius 1 is 1.50 bits per heavy atom. The van der Waals surface area contributed by atoms with E-state index in [0.717, 1.165) is 0 Å². The summed E-state index contributed by atoms with van der Waals surface area (Å²) in [5.41, 5.74) is 0. The molecule has 0 aliphatic carbocycles. The van der Waals surface area contributed by atoms with Crippen molar-refractivity contribution < 1.29 is 4.92 Å². The number of nitrogens with zero attached hydrogens (tertiary/aromatic N) is 1. The van der Waals surface area contributed by atoms with Crippen LogP contribution in [0.3, 0.4) is 0 Å². The highest BCUT2D eigenvalue weighted by Gasteiger charge is 2.24. The molecule has 0 bridgehead atoms. The van der Waals surface area contributed by atoms with Crippen LogP contribution in [-0.2, 0) is 0 Å². The Kier molecular flexibility index (Phi) is 3.45. The average molecular weight is 312 g/mol. The molecule has 0 aromatic carbocycles. The van der Waals surface area contributed by atoms with Crippen LogP contribution in [0.5, 0.6) is 0 Å². The van der Waals surface area contributed by atoms with Gasteiger partial charge in [0.1, 0.15) is 0 Å². The van der Waals surface area contributed by atoms with Crippen molar-refractivity contribution in [3.63, 3.8) is 0 Å². The van der Waals surface area contributed by atoms with Gasteiger partial charge in [-0.15, -0.1) is 0 Å². The molecule has 0 rings (SSSR count). The fourth-order valence-corrected chi connectivity index (χ4v) is 0.761. The number of alkyl halides is 3. The summed E-state index contributed by atoms with van der Waals surface area (Å²) >= 11 is 8.91. The predicted octanol–water partition coefficient (Wildman–Crippen LogP) is 2.10. The zero-order valence-electron chi connectivity index (χ0n) is 3.60. The maximum absolute atomic E-state index is 9.73. The Morgan fingerprint density at radius 3 is 1.88 bits per heavy atom. The van der Waals surface area contributed by atoms with E-state index in [2.05, 4.69) is 47.8 Å². The first-order valence-corrected chi connectivity index (χ1v) is 3.98. The molecule has 0 fully saturated rings. The molecule has 0 spiro atoms. The van der Waals surface area contributed by atoms with Crippen LogP contribution in [0.1, 0.15) is 0 Å². The molecule has 0 saturated carbocycles. The molecule has 3 nitrogen and oxygen atoms in total. The summed E-state index contributed by atoms with van der Waals surface area (Å²) in [6.07, 6.45) is 0. The molecule has 0 aromatic rings. The lowest BCUT2D eigenvalue weighted by molar-refractivity contribution is -0.476. The van der Waals surface area contributed by atoms with E-state index in [1.54, 1.807) is 0 Å². The van der Waals surface area contributed by atoms with Gasteiger partial charge in [0.25, 0.3) is 0 Å². The zero-order chi connectivity index (χ0) is 6.78. The molecule has 0 amide bonds. The van der Waals surface area contributed by atoms with Crippen LogP contribution in [0.2, 0.25) is 0 Å². The van der Waals surface area contributed by atoms with Crippen molar-refractivity contribution in [1.82, 2.24) is 0 Å². The Morgan fingerprint density at radius 2 is 1.88 bits per heavy atom. The largest absolute Gasteiger partial charge is 0.264 e. The molecule has 0 aromatic heterocycles. The molecule has 0 heterocycles. The molecule has 0 radical (unpaired) electrons. The first kappa shape index (κ1) is 8.84. The first-order chi connectivity index (χ1) is 3.42. The third-order valence-corrected chi connectivity index (χ3v) is 1.06. The monoisotopic (exact) mass is 309 g/mol. The van der Waals surface area contributed by atoms with Crippen molar-refractivity contribution >= 4 is 47.8 Å². The number of hydrogen-bond donors (Lipinski definition) is 0. The van der Waals surface area contributed by atoms with Crippen LogP contribution in [0.15, 0.2) is 0 Å². The van der Waals surface area contributed by atoms with Gasteiger partial charge in [-0.25, -0.2) is 0 Å². The second-order valence-electron chi connectivity index (χ2n) is 1.11. The molecule has 0 saturated heterocycles. The lowest BCUT2D eigenvalue weighted by Gasteiger charge is -2.02. The standard InChI is InChI=1S/C2H2Br3NO2/c3-2(4,5)1-6(7)8/h1H2. The van der Waals surface area contributed by atoms with Crippen LogP contribution in [0, 0.1) is 10.1 Å². The van der Waals surface area contributed by atoms with Crippen molar-refractivity contribution in [2.24, 2.45) is 0 Å². The van der Waals surface area contributed by atoms with Gasteiger partial charge in [0, 0.05) is 4.92 Å². The Labute approximate surface area is 71.4 Å². The van der Waals surface area contributed by atoms with Crippen molar-refractivity contribution in [1.29, 1.82) is 0 Å². The van der Waals surface area contributed by atoms with Crippen LogP contribution in [0.4, 0.5) is 0 Å². The summed E-state index contributed by atoms with van der Waals surface area (Å²) in [5.74, 6) is 0. The van der Waals surface area contributed by atoms with E-state index in [0.29, 0.717) is 0 Å². The van der Waals surface area contributed by atoms with Crippen LogP contribution in [0.25, 0.3) is 0 Å². The molecule has 0 unspecified atom stereocenters. The van der Waals surface area contributed by atoms with E-state index in [4.69, 9.17) is 0 Å². The topological polar surface area (TPSA) is 43.1 Å². The van der Waals surface area contributed by atoms with Crippen molar-refractivity contribution in [3.05, 3.63) is 10.1 Å². The van der Waals surface area contributed by atoms with Crippen LogP contribution in [-0.4, -0.2) is 13.6 Å². The molecular formula is C2H2Br3NO2. The van der Waals surface area contributed by atoms with Gasteiger partial charge in [0.15, 0.2) is 2.14 Å². The minimum atomic E-state index is -0.740. The third kappa shape index (κ3) is 6.84. The molecular weight excluding hydrogens is 310 g/mol. The maximum atomic E-state index is 9.73. The highest BCUT2D eigenvalue weighted by Crippen LogP contribution is 2.32. The lowest BCUT2D eigenvalue weighted by Crippen LogP contribution is -2.15. The summed E-state index contributed by atoms with van der Waals surface area (Å²) in [6, 6.07) is 0. The van der Waals surface area contributed by atoms with E-state index in [1.807, 2.05) is 0 Å². The first-order valence-electron chi connectivity index (χ1n) is 1.60. The van der Waals surface area contributed by atoms with E-state index < -0.39 is 7.07 Å².